The number of nitrogens with two attached hydrogens (primary N) is 1. The number of hydrogen-bond donors (Lipinski definition) is 3. The van der Waals surface area contributed by atoms with Crippen molar-refractivity contribution < 1.29 is 31.5 Å². The van der Waals surface area contributed by atoms with Crippen LogP contribution in [0.1, 0.15) is 30.2 Å². The summed E-state index contributed by atoms with van der Waals surface area (Å²) in [5.74, 6) is -1.69. The van der Waals surface area contributed by atoms with Gasteiger partial charge in [0.15, 0.2) is 5.82 Å². The summed E-state index contributed by atoms with van der Waals surface area (Å²) < 4.78 is 75.7. The molecule has 2 aromatic carbocycles. The van der Waals surface area contributed by atoms with E-state index in [1.54, 1.807) is 10.6 Å². The lowest BCUT2D eigenvalue weighted by Gasteiger charge is -2.19. The van der Waals surface area contributed by atoms with Crippen LogP contribution in [0.4, 0.5) is 43.9 Å². The fraction of sp³-hybridized carbons (Fsp3) is 0.321. The summed E-state index contributed by atoms with van der Waals surface area (Å²) >= 11 is 0. The van der Waals surface area contributed by atoms with E-state index in [0.29, 0.717) is 61.0 Å². The summed E-state index contributed by atoms with van der Waals surface area (Å²) in [4.78, 5) is 18.9. The Balaban J connectivity index is 1.45. The SMILES string of the molecule is CCc1c(-c2ccc(NC(=O)Nc3cc(C(F)(F)F)ccc3F)c(F)c2)c2c(N)ncnn2c1CN1CCCOCC1. The van der Waals surface area contributed by atoms with Crippen LogP contribution in [0.15, 0.2) is 42.7 Å². The van der Waals surface area contributed by atoms with Crippen molar-refractivity contribution in [3.8, 4) is 11.1 Å². The smallest absolute Gasteiger partial charge is 0.382 e. The van der Waals surface area contributed by atoms with Crippen LogP contribution >= 0.6 is 0 Å². The third-order valence-electron chi connectivity index (χ3n) is 7.05. The van der Waals surface area contributed by atoms with Gasteiger partial charge in [-0.25, -0.2) is 23.1 Å². The summed E-state index contributed by atoms with van der Waals surface area (Å²) in [6, 6.07) is 4.58. The van der Waals surface area contributed by atoms with Gasteiger partial charge >= 0.3 is 12.2 Å². The molecule has 2 amide bonds. The molecule has 1 aliphatic heterocycles. The van der Waals surface area contributed by atoms with Gasteiger partial charge in [-0.15, -0.1) is 0 Å². The maximum atomic E-state index is 15.3. The number of carbonyl (C=O) groups is 1. The van der Waals surface area contributed by atoms with E-state index in [2.05, 4.69) is 20.3 Å². The molecular formula is C28H28F5N7O2. The molecule has 0 spiro atoms. The number of nitrogens with zero attached hydrogens (tertiary/aromatic N) is 4. The molecule has 2 aromatic heterocycles. The Morgan fingerprint density at radius 2 is 1.83 bits per heavy atom. The number of anilines is 3. The van der Waals surface area contributed by atoms with Gasteiger partial charge in [-0.2, -0.15) is 18.3 Å². The fourth-order valence-electron chi connectivity index (χ4n) is 5.09. The molecule has 1 aliphatic rings. The Labute approximate surface area is 237 Å². The number of halogens is 5. The third-order valence-corrected chi connectivity index (χ3v) is 7.05. The van der Waals surface area contributed by atoms with E-state index < -0.39 is 35.1 Å². The first kappa shape index (κ1) is 29.2. The number of aromatic nitrogens is 3. The second kappa shape index (κ2) is 11.9. The maximum absolute atomic E-state index is 15.3. The van der Waals surface area contributed by atoms with Crippen LogP contribution in [-0.2, 0) is 23.9 Å². The number of rotatable bonds is 6. The number of nitrogen functional groups attached to an aromatic ring is 1. The molecule has 3 heterocycles. The predicted molar refractivity (Wildman–Crippen MR) is 147 cm³/mol. The van der Waals surface area contributed by atoms with Crippen LogP contribution in [0, 0.1) is 11.6 Å². The Morgan fingerprint density at radius 1 is 1.05 bits per heavy atom. The van der Waals surface area contributed by atoms with Crippen LogP contribution in [0.25, 0.3) is 16.6 Å². The number of hydrogen-bond acceptors (Lipinski definition) is 6. The zero-order valence-corrected chi connectivity index (χ0v) is 22.6. The molecule has 0 radical (unpaired) electrons. The minimum atomic E-state index is -4.74. The quantitative estimate of drug-likeness (QED) is 0.249. The standard InChI is InChI=1S/C28H28F5N7O2/c1-2-18-23(14-39-8-3-10-42-11-9-39)40-25(26(34)35-15-36-40)24(18)16-4-7-21(20(30)12-16)37-27(41)38-22-13-17(28(31,32)33)5-6-19(22)29/h4-7,12-13,15H,2-3,8-11,14H2,1H3,(H2,34,35,36)(H2,37,38,41). The molecule has 14 heteroatoms. The van der Waals surface area contributed by atoms with Gasteiger partial charge in [0.2, 0.25) is 0 Å². The van der Waals surface area contributed by atoms with Crippen LogP contribution in [0.5, 0.6) is 0 Å². The van der Waals surface area contributed by atoms with E-state index in [0.717, 1.165) is 30.8 Å². The van der Waals surface area contributed by atoms with E-state index in [1.807, 2.05) is 12.2 Å². The van der Waals surface area contributed by atoms with Gasteiger partial charge in [0, 0.05) is 31.8 Å². The van der Waals surface area contributed by atoms with Crippen molar-refractivity contribution in [3.05, 3.63) is 71.2 Å². The average Bonchev–Trinajstić information content (AvgIpc) is 3.06. The lowest BCUT2D eigenvalue weighted by molar-refractivity contribution is -0.137. The van der Waals surface area contributed by atoms with Gasteiger partial charge in [-0.1, -0.05) is 13.0 Å². The summed E-state index contributed by atoms with van der Waals surface area (Å²) in [6.45, 7) is 5.43. The van der Waals surface area contributed by atoms with Gasteiger partial charge in [-0.3, -0.25) is 4.90 Å². The first-order chi connectivity index (χ1) is 20.1. The Morgan fingerprint density at radius 3 is 2.57 bits per heavy atom. The molecule has 1 fully saturated rings. The Kier molecular flexibility index (Phi) is 8.27. The summed E-state index contributed by atoms with van der Waals surface area (Å²) in [5.41, 5.74) is 7.60. The summed E-state index contributed by atoms with van der Waals surface area (Å²) in [6.07, 6.45) is -1.90. The molecule has 0 unspecified atom stereocenters. The molecule has 42 heavy (non-hydrogen) atoms. The molecule has 0 bridgehead atoms. The fourth-order valence-corrected chi connectivity index (χ4v) is 5.09. The lowest BCUT2D eigenvalue weighted by atomic mass is 9.98. The van der Waals surface area contributed by atoms with Gasteiger partial charge in [-0.05, 0) is 54.3 Å². The molecule has 5 rings (SSSR count). The number of benzene rings is 2. The zero-order chi connectivity index (χ0) is 30.0. The highest BCUT2D eigenvalue weighted by Crippen LogP contribution is 2.37. The van der Waals surface area contributed by atoms with Crippen molar-refractivity contribution in [2.75, 3.05) is 42.7 Å². The van der Waals surface area contributed by atoms with Gasteiger partial charge in [0.1, 0.15) is 23.5 Å². The molecular weight excluding hydrogens is 561 g/mol. The monoisotopic (exact) mass is 589 g/mol. The molecule has 1 saturated heterocycles. The normalized spacial score (nSPS) is 14.6. The second-order valence-corrected chi connectivity index (χ2v) is 9.77. The van der Waals surface area contributed by atoms with E-state index in [1.165, 1.54) is 18.5 Å². The van der Waals surface area contributed by atoms with Gasteiger partial charge in [0.05, 0.1) is 29.2 Å². The molecule has 0 atom stereocenters. The zero-order valence-electron chi connectivity index (χ0n) is 22.6. The molecule has 0 saturated carbocycles. The molecule has 4 aromatic rings. The van der Waals surface area contributed by atoms with Crippen LogP contribution < -0.4 is 16.4 Å². The van der Waals surface area contributed by atoms with E-state index >= 15 is 4.39 Å². The largest absolute Gasteiger partial charge is 0.416 e. The molecule has 4 N–H and O–H groups in total. The minimum Gasteiger partial charge on any atom is -0.382 e. The van der Waals surface area contributed by atoms with Crippen LogP contribution in [0.3, 0.4) is 0 Å². The minimum absolute atomic E-state index is 0.213. The van der Waals surface area contributed by atoms with E-state index in [-0.39, 0.29) is 11.5 Å². The molecule has 222 valence electrons. The van der Waals surface area contributed by atoms with Crippen molar-refractivity contribution >= 4 is 28.7 Å². The van der Waals surface area contributed by atoms with E-state index in [9.17, 15) is 22.4 Å². The lowest BCUT2D eigenvalue weighted by Crippen LogP contribution is -2.27. The number of amides is 2. The highest BCUT2D eigenvalue weighted by atomic mass is 19.4. The van der Waals surface area contributed by atoms with Gasteiger partial charge in [0.25, 0.3) is 0 Å². The summed E-state index contributed by atoms with van der Waals surface area (Å²) in [5, 5.41) is 8.66. The topological polar surface area (TPSA) is 110 Å². The van der Waals surface area contributed by atoms with Crippen LogP contribution in [0.2, 0.25) is 0 Å². The third kappa shape index (κ3) is 5.99. The number of urea groups is 1. The molecule has 9 nitrogen and oxygen atoms in total. The van der Waals surface area contributed by atoms with Crippen molar-refractivity contribution in [2.45, 2.75) is 32.5 Å². The summed E-state index contributed by atoms with van der Waals surface area (Å²) in [7, 11) is 0. The first-order valence-corrected chi connectivity index (χ1v) is 13.2. The van der Waals surface area contributed by atoms with E-state index in [4.69, 9.17) is 10.5 Å². The van der Waals surface area contributed by atoms with Crippen molar-refractivity contribution in [3.63, 3.8) is 0 Å². The number of fused-ring (bicyclic) bond motifs is 1. The molecule has 0 aliphatic carbocycles. The van der Waals surface area contributed by atoms with Crippen LogP contribution in [-0.4, -0.2) is 51.8 Å². The van der Waals surface area contributed by atoms with Gasteiger partial charge < -0.3 is 21.1 Å². The number of carbonyl (C=O) groups excluding carboxylic acids is 1. The number of alkyl halides is 3. The van der Waals surface area contributed by atoms with Crippen molar-refractivity contribution in [1.82, 2.24) is 19.5 Å². The Bertz CT molecular complexity index is 1610. The predicted octanol–water partition coefficient (Wildman–Crippen LogP) is 5.70. The second-order valence-electron chi connectivity index (χ2n) is 9.77. The van der Waals surface area contributed by atoms with Crippen molar-refractivity contribution in [2.24, 2.45) is 0 Å². The average molecular weight is 590 g/mol. The van der Waals surface area contributed by atoms with Crippen molar-refractivity contribution in [1.29, 1.82) is 0 Å². The Hall–Kier alpha value is -4.30. The number of nitrogens with one attached hydrogen (secondary N) is 2. The first-order valence-electron chi connectivity index (χ1n) is 13.2. The highest BCUT2D eigenvalue weighted by Gasteiger charge is 2.31. The number of ether oxygens (including phenoxy) is 1. The highest BCUT2D eigenvalue weighted by molar-refractivity contribution is 6.00. The maximum Gasteiger partial charge on any atom is 0.416 e.